The molecule has 0 N–H and O–H groups in total. The van der Waals surface area contributed by atoms with Crippen LogP contribution < -0.4 is 14.7 Å². The van der Waals surface area contributed by atoms with Crippen LogP contribution in [0, 0.1) is 6.92 Å². The first kappa shape index (κ1) is 21.0. The van der Waals surface area contributed by atoms with Crippen LogP contribution in [-0.4, -0.2) is 20.9 Å². The first-order valence-electron chi connectivity index (χ1n) is 10.3. The number of para-hydroxylation sites is 1. The van der Waals surface area contributed by atoms with Crippen molar-refractivity contribution in [1.82, 2.24) is 0 Å². The Hall–Kier alpha value is -3.91. The molecule has 4 aromatic rings. The smallest absolute Gasteiger partial charge is 0.343 e. The molecular formula is C25H19NO6S. The van der Waals surface area contributed by atoms with Crippen LogP contribution in [0.4, 0.5) is 5.69 Å². The molecule has 5 rings (SSSR count). The average molecular weight is 461 g/mol. The first-order valence-corrected chi connectivity index (χ1v) is 11.7. The van der Waals surface area contributed by atoms with Gasteiger partial charge in [0.15, 0.2) is 0 Å². The minimum atomic E-state index is -3.84. The zero-order valence-corrected chi connectivity index (χ0v) is 18.5. The van der Waals surface area contributed by atoms with Crippen molar-refractivity contribution in [3.8, 4) is 5.75 Å². The molecule has 0 radical (unpaired) electrons. The highest BCUT2D eigenvalue weighted by Crippen LogP contribution is 2.33. The summed E-state index contributed by atoms with van der Waals surface area (Å²) < 4.78 is 38.5. The van der Waals surface area contributed by atoms with Crippen molar-refractivity contribution in [1.29, 1.82) is 0 Å². The molecule has 0 unspecified atom stereocenters. The van der Waals surface area contributed by atoms with Gasteiger partial charge in [0.1, 0.15) is 11.3 Å². The molecule has 0 saturated heterocycles. The van der Waals surface area contributed by atoms with Gasteiger partial charge in [0, 0.05) is 24.1 Å². The average Bonchev–Trinajstić information content (AvgIpc) is 3.24. The lowest BCUT2D eigenvalue weighted by Gasteiger charge is -2.19. The van der Waals surface area contributed by atoms with Crippen LogP contribution in [0.5, 0.6) is 5.75 Å². The van der Waals surface area contributed by atoms with E-state index in [0.717, 1.165) is 16.5 Å². The van der Waals surface area contributed by atoms with Crippen molar-refractivity contribution in [2.45, 2.75) is 18.2 Å². The molecule has 8 heteroatoms. The molecular weight excluding hydrogens is 442 g/mol. The summed E-state index contributed by atoms with van der Waals surface area (Å²) >= 11 is 0. The van der Waals surface area contributed by atoms with Crippen LogP contribution in [0.3, 0.4) is 0 Å². The fourth-order valence-electron chi connectivity index (χ4n) is 4.00. The number of nitrogens with zero attached hydrogens (tertiary/aromatic N) is 1. The molecule has 1 aromatic heterocycles. The number of carbonyl (C=O) groups excluding carboxylic acids is 1. The van der Waals surface area contributed by atoms with E-state index < -0.39 is 21.6 Å². The Morgan fingerprint density at radius 1 is 1.00 bits per heavy atom. The molecule has 0 fully saturated rings. The maximum absolute atomic E-state index is 13.3. The van der Waals surface area contributed by atoms with Crippen molar-refractivity contribution >= 4 is 32.6 Å². The standard InChI is InChI=1S/C25H19NO6S/c1-16-13-24(27)32-23-15-19(9-10-21(16)23)31-25(28)18-6-4-7-20(14-18)33(29,30)26-12-11-17-5-2-3-8-22(17)26/h2-10,13-15H,11-12H2,1H3. The Labute approximate surface area is 189 Å². The van der Waals surface area contributed by atoms with Crippen molar-refractivity contribution < 1.29 is 22.4 Å². The van der Waals surface area contributed by atoms with Crippen molar-refractivity contribution in [3.05, 3.63) is 99.9 Å². The zero-order valence-electron chi connectivity index (χ0n) is 17.6. The second-order valence-electron chi connectivity index (χ2n) is 7.78. The van der Waals surface area contributed by atoms with Gasteiger partial charge in [0.05, 0.1) is 16.1 Å². The first-order chi connectivity index (χ1) is 15.8. The lowest BCUT2D eigenvalue weighted by atomic mass is 10.1. The van der Waals surface area contributed by atoms with Gasteiger partial charge in [-0.25, -0.2) is 18.0 Å². The summed E-state index contributed by atoms with van der Waals surface area (Å²) in [6.45, 7) is 2.13. The van der Waals surface area contributed by atoms with E-state index in [0.29, 0.717) is 24.2 Å². The number of aryl methyl sites for hydroxylation is 1. The van der Waals surface area contributed by atoms with Crippen molar-refractivity contribution in [2.75, 3.05) is 10.8 Å². The largest absolute Gasteiger partial charge is 0.423 e. The normalized spacial score (nSPS) is 13.2. The number of ether oxygens (including phenoxy) is 1. The molecule has 1 aliphatic rings. The van der Waals surface area contributed by atoms with Crippen molar-refractivity contribution in [3.63, 3.8) is 0 Å². The van der Waals surface area contributed by atoms with Gasteiger partial charge in [0.2, 0.25) is 0 Å². The molecule has 33 heavy (non-hydrogen) atoms. The molecule has 0 saturated carbocycles. The molecule has 166 valence electrons. The maximum Gasteiger partial charge on any atom is 0.343 e. The number of carbonyl (C=O) groups is 1. The van der Waals surface area contributed by atoms with E-state index in [9.17, 15) is 18.0 Å². The third-order valence-electron chi connectivity index (χ3n) is 5.64. The summed E-state index contributed by atoms with van der Waals surface area (Å²) in [5.41, 5.74) is 2.27. The predicted octanol–water partition coefficient (Wildman–Crippen LogP) is 4.07. The molecule has 1 aliphatic heterocycles. The Morgan fingerprint density at radius 2 is 1.82 bits per heavy atom. The number of rotatable bonds is 4. The number of esters is 1. The summed E-state index contributed by atoms with van der Waals surface area (Å²) in [5.74, 6) is -0.536. The molecule has 2 heterocycles. The Bertz CT molecular complexity index is 1570. The van der Waals surface area contributed by atoms with Gasteiger partial charge in [-0.2, -0.15) is 0 Å². The van der Waals surface area contributed by atoms with Gasteiger partial charge in [-0.3, -0.25) is 4.31 Å². The van der Waals surface area contributed by atoms with Crippen LogP contribution in [0.1, 0.15) is 21.5 Å². The summed E-state index contributed by atoms with van der Waals surface area (Å²) in [6, 6.07) is 19.3. The topological polar surface area (TPSA) is 93.9 Å². The molecule has 3 aromatic carbocycles. The third kappa shape index (κ3) is 3.78. The molecule has 0 spiro atoms. The van der Waals surface area contributed by atoms with E-state index in [2.05, 4.69) is 0 Å². The fraction of sp³-hybridized carbons (Fsp3) is 0.120. The van der Waals surface area contributed by atoms with E-state index in [1.54, 1.807) is 31.2 Å². The van der Waals surface area contributed by atoms with E-state index >= 15 is 0 Å². The lowest BCUT2D eigenvalue weighted by Crippen LogP contribution is -2.29. The second kappa shape index (κ2) is 7.90. The summed E-state index contributed by atoms with van der Waals surface area (Å²) in [4.78, 5) is 24.4. The highest BCUT2D eigenvalue weighted by atomic mass is 32.2. The highest BCUT2D eigenvalue weighted by molar-refractivity contribution is 7.92. The monoisotopic (exact) mass is 461 g/mol. The van der Waals surface area contributed by atoms with Gasteiger partial charge in [-0.15, -0.1) is 0 Å². The van der Waals surface area contributed by atoms with Gasteiger partial charge in [-0.05, 0) is 60.9 Å². The van der Waals surface area contributed by atoms with E-state index in [1.807, 2.05) is 12.1 Å². The van der Waals surface area contributed by atoms with Gasteiger partial charge >= 0.3 is 11.6 Å². The number of hydrogen-bond donors (Lipinski definition) is 0. The number of benzene rings is 3. The van der Waals surface area contributed by atoms with Gasteiger partial charge in [-0.1, -0.05) is 24.3 Å². The minimum absolute atomic E-state index is 0.00814. The number of sulfonamides is 1. The fourth-order valence-corrected chi connectivity index (χ4v) is 5.55. The molecule has 7 nitrogen and oxygen atoms in total. The molecule has 0 aliphatic carbocycles. The van der Waals surface area contributed by atoms with Crippen LogP contribution >= 0.6 is 0 Å². The Morgan fingerprint density at radius 3 is 2.67 bits per heavy atom. The number of hydrogen-bond acceptors (Lipinski definition) is 6. The second-order valence-corrected chi connectivity index (χ2v) is 9.64. The molecule has 0 amide bonds. The lowest BCUT2D eigenvalue weighted by molar-refractivity contribution is 0.0734. The highest BCUT2D eigenvalue weighted by Gasteiger charge is 2.31. The van der Waals surface area contributed by atoms with Crippen LogP contribution in [0.15, 0.2) is 86.9 Å². The summed E-state index contributed by atoms with van der Waals surface area (Å²) in [5, 5.41) is 0.730. The Balaban J connectivity index is 1.43. The van der Waals surface area contributed by atoms with Crippen LogP contribution in [-0.2, 0) is 16.4 Å². The van der Waals surface area contributed by atoms with E-state index in [1.165, 1.54) is 40.7 Å². The van der Waals surface area contributed by atoms with E-state index in [4.69, 9.17) is 9.15 Å². The Kier molecular flexibility index (Phi) is 5.02. The number of fused-ring (bicyclic) bond motifs is 2. The third-order valence-corrected chi connectivity index (χ3v) is 7.44. The summed E-state index contributed by atoms with van der Waals surface area (Å²) in [7, 11) is -3.84. The zero-order chi connectivity index (χ0) is 23.2. The summed E-state index contributed by atoms with van der Waals surface area (Å²) in [6.07, 6.45) is 0.634. The maximum atomic E-state index is 13.3. The van der Waals surface area contributed by atoms with Gasteiger partial charge < -0.3 is 9.15 Å². The van der Waals surface area contributed by atoms with E-state index in [-0.39, 0.29) is 16.2 Å². The number of anilines is 1. The molecule has 0 bridgehead atoms. The SMILES string of the molecule is Cc1cc(=O)oc2cc(OC(=O)c3cccc(S(=O)(=O)N4CCc5ccccc54)c3)ccc12. The van der Waals surface area contributed by atoms with Crippen LogP contribution in [0.2, 0.25) is 0 Å². The van der Waals surface area contributed by atoms with Crippen LogP contribution in [0.25, 0.3) is 11.0 Å². The quantitative estimate of drug-likeness (QED) is 0.258. The van der Waals surface area contributed by atoms with Crippen molar-refractivity contribution in [2.24, 2.45) is 0 Å². The predicted molar refractivity (Wildman–Crippen MR) is 123 cm³/mol. The minimum Gasteiger partial charge on any atom is -0.423 e. The molecule has 0 atom stereocenters. The van der Waals surface area contributed by atoms with Gasteiger partial charge in [0.25, 0.3) is 10.0 Å².